The van der Waals surface area contributed by atoms with Crippen molar-refractivity contribution in [1.82, 2.24) is 4.98 Å². The standard InChI is InChI=1S/C10H9N.C6H4N2O5/c1-2-5-9(6-3-1)10-7-4-8-11-10;9-5-3-1-2-4(7(10)11)6(5)8(12)13/h1-8,11H;1-3,9H. The molecule has 0 fully saturated rings. The van der Waals surface area contributed by atoms with Crippen LogP contribution in [0.2, 0.25) is 0 Å². The molecule has 0 aliphatic heterocycles. The second-order valence-electron chi connectivity index (χ2n) is 4.61. The monoisotopic (exact) mass is 327 g/mol. The molecule has 1 heterocycles. The van der Waals surface area contributed by atoms with Gasteiger partial charge in [0.25, 0.3) is 0 Å². The molecule has 1 aromatic heterocycles. The van der Waals surface area contributed by atoms with Gasteiger partial charge < -0.3 is 10.1 Å². The number of hydrogen-bond donors (Lipinski definition) is 2. The highest BCUT2D eigenvalue weighted by molar-refractivity contribution is 5.60. The maximum Gasteiger partial charge on any atom is 0.387 e. The summed E-state index contributed by atoms with van der Waals surface area (Å²) in [5.41, 5.74) is 0.806. The average Bonchev–Trinajstić information content (AvgIpc) is 3.10. The molecule has 0 saturated heterocycles. The summed E-state index contributed by atoms with van der Waals surface area (Å²) < 4.78 is 0. The van der Waals surface area contributed by atoms with Crippen LogP contribution in [0.4, 0.5) is 11.4 Å². The molecule has 0 unspecified atom stereocenters. The summed E-state index contributed by atoms with van der Waals surface area (Å²) in [6, 6.07) is 17.5. The summed E-state index contributed by atoms with van der Waals surface area (Å²) in [5, 5.41) is 29.5. The fraction of sp³-hybridized carbons (Fsp3) is 0. The van der Waals surface area contributed by atoms with E-state index in [0.717, 1.165) is 12.1 Å². The second-order valence-corrected chi connectivity index (χ2v) is 4.61. The summed E-state index contributed by atoms with van der Waals surface area (Å²) in [6.45, 7) is 0. The zero-order chi connectivity index (χ0) is 17.5. The molecule has 3 aromatic rings. The van der Waals surface area contributed by atoms with Crippen LogP contribution >= 0.6 is 0 Å². The number of aromatic amines is 1. The Morgan fingerprint density at radius 2 is 1.54 bits per heavy atom. The van der Waals surface area contributed by atoms with Gasteiger partial charge in [-0.05, 0) is 23.8 Å². The largest absolute Gasteiger partial charge is 0.502 e. The smallest absolute Gasteiger partial charge is 0.387 e. The third-order valence-corrected chi connectivity index (χ3v) is 3.06. The Kier molecular flexibility index (Phi) is 5.24. The number of nitro groups is 2. The topological polar surface area (TPSA) is 122 Å². The molecule has 0 bridgehead atoms. The molecular weight excluding hydrogens is 314 g/mol. The molecule has 0 saturated carbocycles. The zero-order valence-corrected chi connectivity index (χ0v) is 12.3. The molecule has 24 heavy (non-hydrogen) atoms. The van der Waals surface area contributed by atoms with Crippen LogP contribution in [0.1, 0.15) is 0 Å². The third kappa shape index (κ3) is 3.95. The molecule has 0 aliphatic carbocycles. The van der Waals surface area contributed by atoms with Crippen molar-refractivity contribution in [3.05, 3.63) is 87.1 Å². The molecule has 8 heteroatoms. The summed E-state index contributed by atoms with van der Waals surface area (Å²) in [7, 11) is 0. The first kappa shape index (κ1) is 16.7. The SMILES string of the molecule is O=[N+]([O-])c1cccc(O)c1[N+](=O)[O-].c1ccc(-c2ccc[nH]2)cc1. The highest BCUT2D eigenvalue weighted by Gasteiger charge is 2.27. The second kappa shape index (κ2) is 7.54. The fourth-order valence-electron chi connectivity index (χ4n) is 1.98. The van der Waals surface area contributed by atoms with E-state index in [-0.39, 0.29) is 0 Å². The van der Waals surface area contributed by atoms with Crippen LogP contribution in [0.15, 0.2) is 66.9 Å². The number of benzene rings is 2. The van der Waals surface area contributed by atoms with Crippen molar-refractivity contribution < 1.29 is 15.0 Å². The number of phenols is 1. The van der Waals surface area contributed by atoms with Gasteiger partial charge in [-0.15, -0.1) is 0 Å². The van der Waals surface area contributed by atoms with Crippen molar-refractivity contribution in [2.75, 3.05) is 0 Å². The number of para-hydroxylation sites is 1. The highest BCUT2D eigenvalue weighted by atomic mass is 16.6. The first-order chi connectivity index (χ1) is 11.5. The maximum absolute atomic E-state index is 10.3. The molecule has 8 nitrogen and oxygen atoms in total. The van der Waals surface area contributed by atoms with Crippen LogP contribution in [-0.4, -0.2) is 19.9 Å². The molecule has 2 aromatic carbocycles. The van der Waals surface area contributed by atoms with Gasteiger partial charge in [0.05, 0.1) is 9.85 Å². The molecule has 0 amide bonds. The van der Waals surface area contributed by atoms with Gasteiger partial charge >= 0.3 is 11.4 Å². The number of phenolic OH excluding ortho intramolecular Hbond substituents is 1. The van der Waals surface area contributed by atoms with Gasteiger partial charge in [-0.1, -0.05) is 36.4 Å². The van der Waals surface area contributed by atoms with Crippen LogP contribution in [0.3, 0.4) is 0 Å². The number of nitrogens with one attached hydrogen (secondary N) is 1. The minimum absolute atomic E-state index is 0.709. The number of aromatic nitrogens is 1. The van der Waals surface area contributed by atoms with E-state index in [4.69, 9.17) is 5.11 Å². The molecular formula is C16H13N3O5. The number of nitro benzene ring substituents is 2. The van der Waals surface area contributed by atoms with E-state index in [0.29, 0.717) is 0 Å². The lowest BCUT2D eigenvalue weighted by Gasteiger charge is -1.95. The fourth-order valence-corrected chi connectivity index (χ4v) is 1.98. The average molecular weight is 327 g/mol. The van der Waals surface area contributed by atoms with Gasteiger partial charge in [0.1, 0.15) is 0 Å². The van der Waals surface area contributed by atoms with Gasteiger partial charge in [-0.2, -0.15) is 0 Å². The molecule has 2 N–H and O–H groups in total. The first-order valence-corrected chi connectivity index (χ1v) is 6.80. The van der Waals surface area contributed by atoms with Crippen molar-refractivity contribution >= 4 is 11.4 Å². The summed E-state index contributed by atoms with van der Waals surface area (Å²) in [6.07, 6.45) is 1.93. The Morgan fingerprint density at radius 3 is 2.04 bits per heavy atom. The van der Waals surface area contributed by atoms with Crippen LogP contribution in [0.25, 0.3) is 11.3 Å². The van der Waals surface area contributed by atoms with Gasteiger partial charge in [0.15, 0.2) is 0 Å². The maximum atomic E-state index is 10.3. The quantitative estimate of drug-likeness (QED) is 0.558. The molecule has 0 atom stereocenters. The third-order valence-electron chi connectivity index (χ3n) is 3.06. The van der Waals surface area contributed by atoms with Crippen LogP contribution in [0, 0.1) is 20.2 Å². The lowest BCUT2D eigenvalue weighted by molar-refractivity contribution is -0.423. The van der Waals surface area contributed by atoms with Crippen molar-refractivity contribution in [2.45, 2.75) is 0 Å². The molecule has 0 aliphatic rings. The van der Waals surface area contributed by atoms with Crippen molar-refractivity contribution in [3.8, 4) is 17.0 Å². The van der Waals surface area contributed by atoms with Crippen molar-refractivity contribution in [1.29, 1.82) is 0 Å². The predicted molar refractivity (Wildman–Crippen MR) is 87.6 cm³/mol. The minimum atomic E-state index is -0.993. The van der Waals surface area contributed by atoms with Crippen LogP contribution < -0.4 is 0 Å². The van der Waals surface area contributed by atoms with E-state index in [1.807, 2.05) is 30.5 Å². The minimum Gasteiger partial charge on any atom is -0.502 e. The van der Waals surface area contributed by atoms with Gasteiger partial charge in [0.2, 0.25) is 5.75 Å². The van der Waals surface area contributed by atoms with E-state index in [9.17, 15) is 20.2 Å². The van der Waals surface area contributed by atoms with Gasteiger partial charge in [-0.25, -0.2) is 0 Å². The summed E-state index contributed by atoms with van der Waals surface area (Å²) in [5.74, 6) is -0.709. The Morgan fingerprint density at radius 1 is 0.833 bits per heavy atom. The number of H-pyrrole nitrogens is 1. The summed E-state index contributed by atoms with van der Waals surface area (Å²) in [4.78, 5) is 21.8. The first-order valence-electron chi connectivity index (χ1n) is 6.80. The Balaban J connectivity index is 0.000000175. The van der Waals surface area contributed by atoms with Crippen molar-refractivity contribution in [2.24, 2.45) is 0 Å². The van der Waals surface area contributed by atoms with Crippen LogP contribution in [0.5, 0.6) is 5.75 Å². The normalized spacial score (nSPS) is 9.67. The lowest BCUT2D eigenvalue weighted by Crippen LogP contribution is -1.96. The number of hydrogen-bond acceptors (Lipinski definition) is 5. The van der Waals surface area contributed by atoms with Crippen LogP contribution in [-0.2, 0) is 0 Å². The Labute approximate surface area is 136 Å². The summed E-state index contributed by atoms with van der Waals surface area (Å²) >= 11 is 0. The van der Waals surface area contributed by atoms with E-state index in [2.05, 4.69) is 23.2 Å². The Hall–Kier alpha value is -3.68. The number of rotatable bonds is 3. The van der Waals surface area contributed by atoms with E-state index < -0.39 is 27.0 Å². The van der Waals surface area contributed by atoms with Gasteiger partial charge in [0, 0.05) is 18.0 Å². The van der Waals surface area contributed by atoms with Crippen molar-refractivity contribution in [3.63, 3.8) is 0 Å². The molecule has 0 radical (unpaired) electrons. The molecule has 0 spiro atoms. The van der Waals surface area contributed by atoms with Gasteiger partial charge in [-0.3, -0.25) is 20.2 Å². The van der Waals surface area contributed by atoms with E-state index in [1.165, 1.54) is 17.3 Å². The van der Waals surface area contributed by atoms with E-state index in [1.54, 1.807) is 0 Å². The highest BCUT2D eigenvalue weighted by Crippen LogP contribution is 2.34. The lowest BCUT2D eigenvalue weighted by atomic mass is 10.2. The Bertz CT molecular complexity index is 832. The molecule has 122 valence electrons. The predicted octanol–water partition coefficient (Wildman–Crippen LogP) is 3.89. The number of nitrogens with zero attached hydrogens (tertiary/aromatic N) is 2. The number of aromatic hydroxyl groups is 1. The van der Waals surface area contributed by atoms with E-state index >= 15 is 0 Å². The zero-order valence-electron chi connectivity index (χ0n) is 12.3. The molecule has 3 rings (SSSR count).